The summed E-state index contributed by atoms with van der Waals surface area (Å²) in [5, 5.41) is 12.4. The van der Waals surface area contributed by atoms with Crippen LogP contribution in [0.5, 0.6) is 0 Å². The van der Waals surface area contributed by atoms with Crippen molar-refractivity contribution in [1.82, 2.24) is 10.6 Å². The van der Waals surface area contributed by atoms with Crippen LogP contribution in [0.3, 0.4) is 0 Å². The number of anilines is 2. The smallest absolute Gasteiger partial charge is 0.255 e. The van der Waals surface area contributed by atoms with Gasteiger partial charge in [0.2, 0.25) is 0 Å². The van der Waals surface area contributed by atoms with E-state index in [0.717, 1.165) is 71.5 Å². The van der Waals surface area contributed by atoms with Crippen LogP contribution < -0.4 is 21.3 Å². The highest BCUT2D eigenvalue weighted by molar-refractivity contribution is 6.08. The van der Waals surface area contributed by atoms with E-state index in [4.69, 9.17) is 0 Å². The first-order valence-corrected chi connectivity index (χ1v) is 12.0. The molecule has 2 aliphatic heterocycles. The maximum absolute atomic E-state index is 12.8. The molecule has 0 bridgehead atoms. The highest BCUT2D eigenvalue weighted by atomic mass is 16.2. The van der Waals surface area contributed by atoms with Gasteiger partial charge in [-0.2, -0.15) is 0 Å². The molecule has 0 saturated carbocycles. The molecule has 4 N–H and O–H groups in total. The van der Waals surface area contributed by atoms with Gasteiger partial charge < -0.3 is 21.3 Å². The maximum Gasteiger partial charge on any atom is 0.255 e. The zero-order valence-corrected chi connectivity index (χ0v) is 20.3. The molecule has 0 aromatic heterocycles. The quantitative estimate of drug-likeness (QED) is 0.433. The van der Waals surface area contributed by atoms with E-state index in [1.165, 1.54) is 0 Å². The molecular formula is C28H28N6O2. The minimum atomic E-state index is -0.232. The summed E-state index contributed by atoms with van der Waals surface area (Å²) >= 11 is 0. The van der Waals surface area contributed by atoms with Crippen LogP contribution in [0.1, 0.15) is 43.0 Å². The Kier molecular flexibility index (Phi) is 6.49. The minimum absolute atomic E-state index is 0.232. The van der Waals surface area contributed by atoms with Gasteiger partial charge in [-0.15, -0.1) is 0 Å². The Hall–Kier alpha value is -4.46. The summed E-state index contributed by atoms with van der Waals surface area (Å²) in [5.74, 6) is 1.31. The number of nitrogens with one attached hydrogen (secondary N) is 4. The van der Waals surface area contributed by atoms with Crippen molar-refractivity contribution in [2.75, 3.05) is 36.8 Å². The fraction of sp³-hybridized carbons (Fsp3) is 0.214. The summed E-state index contributed by atoms with van der Waals surface area (Å²) in [6.45, 7) is 7.16. The Morgan fingerprint density at radius 3 is 1.42 bits per heavy atom. The summed E-state index contributed by atoms with van der Waals surface area (Å²) < 4.78 is 0. The number of rotatable bonds is 6. The Morgan fingerprint density at radius 2 is 1.08 bits per heavy atom. The third kappa shape index (κ3) is 4.98. The lowest BCUT2D eigenvalue weighted by Crippen LogP contribution is -2.20. The van der Waals surface area contributed by atoms with E-state index in [0.29, 0.717) is 11.1 Å². The van der Waals surface area contributed by atoms with Gasteiger partial charge in [-0.05, 0) is 85.6 Å². The van der Waals surface area contributed by atoms with Crippen LogP contribution in [0.25, 0.3) is 0 Å². The zero-order chi connectivity index (χ0) is 25.1. The molecule has 3 aromatic carbocycles. The monoisotopic (exact) mass is 480 g/mol. The lowest BCUT2D eigenvalue weighted by molar-refractivity contribution is 0.101. The van der Waals surface area contributed by atoms with Gasteiger partial charge in [-0.3, -0.25) is 19.6 Å². The van der Waals surface area contributed by atoms with E-state index < -0.39 is 0 Å². The molecule has 2 heterocycles. The fourth-order valence-corrected chi connectivity index (χ4v) is 4.25. The van der Waals surface area contributed by atoms with Crippen LogP contribution in [0, 0.1) is 13.8 Å². The normalized spacial score (nSPS) is 14.4. The number of nitrogens with zero attached hydrogens (tertiary/aromatic N) is 2. The number of hydrogen-bond donors (Lipinski definition) is 4. The Morgan fingerprint density at radius 1 is 0.667 bits per heavy atom. The van der Waals surface area contributed by atoms with E-state index in [1.807, 2.05) is 50.2 Å². The third-order valence-electron chi connectivity index (χ3n) is 6.25. The summed E-state index contributed by atoms with van der Waals surface area (Å²) in [6.07, 6.45) is 0. The molecule has 36 heavy (non-hydrogen) atoms. The van der Waals surface area contributed by atoms with Gasteiger partial charge in [0.15, 0.2) is 0 Å². The molecule has 0 saturated heterocycles. The van der Waals surface area contributed by atoms with Crippen molar-refractivity contribution < 1.29 is 9.59 Å². The molecule has 0 unspecified atom stereocenters. The van der Waals surface area contributed by atoms with Crippen molar-refractivity contribution in [2.24, 2.45) is 9.98 Å². The number of aliphatic imine (C=N–C) groups is 2. The molecule has 8 nitrogen and oxygen atoms in total. The number of carbonyl (C=O) groups is 2. The van der Waals surface area contributed by atoms with Crippen LogP contribution in [0.4, 0.5) is 11.4 Å². The summed E-state index contributed by atoms with van der Waals surface area (Å²) in [4.78, 5) is 34.5. The van der Waals surface area contributed by atoms with Gasteiger partial charge >= 0.3 is 0 Å². The van der Waals surface area contributed by atoms with Crippen LogP contribution in [0.15, 0.2) is 70.6 Å². The number of benzene rings is 3. The minimum Gasteiger partial charge on any atom is -0.368 e. The second kappa shape index (κ2) is 10.0. The number of hydrogen-bond acceptors (Lipinski definition) is 6. The average molecular weight is 481 g/mol. The number of carbonyl (C=O) groups excluding carboxylic acids is 2. The van der Waals surface area contributed by atoms with Crippen LogP contribution >= 0.6 is 0 Å². The number of amidine groups is 2. The Labute approximate surface area is 209 Å². The second-order valence-electron chi connectivity index (χ2n) is 8.86. The van der Waals surface area contributed by atoms with Crippen LogP contribution in [0.2, 0.25) is 0 Å². The summed E-state index contributed by atoms with van der Waals surface area (Å²) in [7, 11) is 0. The summed E-state index contributed by atoms with van der Waals surface area (Å²) in [5.41, 5.74) is 6.34. The van der Waals surface area contributed by atoms with Crippen molar-refractivity contribution in [1.29, 1.82) is 0 Å². The SMILES string of the molecule is Cc1cc(C2=NCCN2)ccc1NC(=O)c1ccc(C(=O)Nc2ccc(C3=NCCN3)cc2C)cc1. The lowest BCUT2D eigenvalue weighted by atomic mass is 10.1. The number of amides is 2. The molecule has 182 valence electrons. The largest absolute Gasteiger partial charge is 0.368 e. The predicted molar refractivity (Wildman–Crippen MR) is 144 cm³/mol. The van der Waals surface area contributed by atoms with E-state index in [2.05, 4.69) is 31.3 Å². The van der Waals surface area contributed by atoms with Gasteiger partial charge in [-0.25, -0.2) is 0 Å². The molecule has 0 spiro atoms. The summed E-state index contributed by atoms with van der Waals surface area (Å²) in [6, 6.07) is 18.3. The van der Waals surface area contributed by atoms with Crippen molar-refractivity contribution in [3.05, 3.63) is 94.0 Å². The van der Waals surface area contributed by atoms with Crippen molar-refractivity contribution in [3.8, 4) is 0 Å². The molecule has 8 heteroatoms. The van der Waals surface area contributed by atoms with Crippen molar-refractivity contribution in [2.45, 2.75) is 13.8 Å². The van der Waals surface area contributed by atoms with Gasteiger partial charge in [0.25, 0.3) is 11.8 Å². The van der Waals surface area contributed by atoms with E-state index in [1.54, 1.807) is 24.3 Å². The Balaban J connectivity index is 1.22. The first kappa shape index (κ1) is 23.3. The molecule has 0 aliphatic carbocycles. The first-order valence-electron chi connectivity index (χ1n) is 12.0. The zero-order valence-electron chi connectivity index (χ0n) is 20.3. The van der Waals surface area contributed by atoms with Gasteiger partial charge in [0.05, 0.1) is 13.1 Å². The number of aryl methyl sites for hydroxylation is 2. The van der Waals surface area contributed by atoms with Gasteiger partial charge in [0.1, 0.15) is 11.7 Å². The van der Waals surface area contributed by atoms with E-state index in [-0.39, 0.29) is 11.8 Å². The van der Waals surface area contributed by atoms with E-state index in [9.17, 15) is 9.59 Å². The third-order valence-corrected chi connectivity index (χ3v) is 6.25. The van der Waals surface area contributed by atoms with Crippen molar-refractivity contribution in [3.63, 3.8) is 0 Å². The molecule has 0 atom stereocenters. The molecule has 0 radical (unpaired) electrons. The molecule has 2 amide bonds. The Bertz CT molecular complexity index is 1290. The standard InChI is InChI=1S/C28H28N6O2/c1-17-15-21(25-29-11-12-30-25)7-9-23(17)33-27(35)19-3-5-20(6-4-19)28(36)34-24-10-8-22(16-18(24)2)26-31-13-14-32-26/h3-10,15-16H,11-14H2,1-2H3,(H,29,30)(H,31,32)(H,33,35)(H,34,36). The second-order valence-corrected chi connectivity index (χ2v) is 8.86. The lowest BCUT2D eigenvalue weighted by Gasteiger charge is -2.12. The highest BCUT2D eigenvalue weighted by Crippen LogP contribution is 2.20. The van der Waals surface area contributed by atoms with Crippen LogP contribution in [-0.2, 0) is 0 Å². The predicted octanol–water partition coefficient (Wildman–Crippen LogP) is 3.51. The molecular weight excluding hydrogens is 452 g/mol. The van der Waals surface area contributed by atoms with E-state index >= 15 is 0 Å². The van der Waals surface area contributed by atoms with Gasteiger partial charge in [0, 0.05) is 46.7 Å². The molecule has 2 aliphatic rings. The molecule has 5 rings (SSSR count). The molecule has 3 aromatic rings. The first-order chi connectivity index (χ1) is 17.5. The highest BCUT2D eigenvalue weighted by Gasteiger charge is 2.14. The maximum atomic E-state index is 12.8. The average Bonchev–Trinajstić information content (AvgIpc) is 3.61. The molecule has 0 fully saturated rings. The fourth-order valence-electron chi connectivity index (χ4n) is 4.25. The topological polar surface area (TPSA) is 107 Å². The van der Waals surface area contributed by atoms with Crippen molar-refractivity contribution >= 4 is 34.9 Å². The van der Waals surface area contributed by atoms with Gasteiger partial charge in [-0.1, -0.05) is 0 Å². The van der Waals surface area contributed by atoms with Crippen LogP contribution in [-0.4, -0.2) is 49.7 Å².